The van der Waals surface area contributed by atoms with Crippen LogP contribution in [0.4, 0.5) is 5.69 Å². The van der Waals surface area contributed by atoms with E-state index in [0.717, 1.165) is 0 Å². The molecule has 6 nitrogen and oxygen atoms in total. The summed E-state index contributed by atoms with van der Waals surface area (Å²) < 4.78 is 1.53. The maximum absolute atomic E-state index is 13.4. The Morgan fingerprint density at radius 3 is 2.63 bits per heavy atom. The van der Waals surface area contributed by atoms with Crippen molar-refractivity contribution in [1.82, 2.24) is 14.5 Å². The summed E-state index contributed by atoms with van der Waals surface area (Å²) in [6, 6.07) is 17.6. The molecule has 1 atom stereocenters. The highest BCUT2D eigenvalue weighted by molar-refractivity contribution is 6.35. The van der Waals surface area contributed by atoms with E-state index in [2.05, 4.69) is 16.4 Å². The summed E-state index contributed by atoms with van der Waals surface area (Å²) in [5.74, 6) is 0.470. The van der Waals surface area contributed by atoms with Crippen molar-refractivity contribution >= 4 is 39.8 Å². The smallest absolute Gasteiger partial charge is 0.267 e. The van der Waals surface area contributed by atoms with Gasteiger partial charge >= 0.3 is 0 Å². The zero-order valence-corrected chi connectivity index (χ0v) is 17.3. The molecule has 0 saturated carbocycles. The Bertz CT molecular complexity index is 1350. The Balaban J connectivity index is 1.93. The summed E-state index contributed by atoms with van der Waals surface area (Å²) >= 11 is 12.3. The second kappa shape index (κ2) is 8.15. The quantitative estimate of drug-likeness (QED) is 0.449. The summed E-state index contributed by atoms with van der Waals surface area (Å²) in [4.78, 5) is 22.1. The van der Waals surface area contributed by atoms with E-state index in [0.29, 0.717) is 38.7 Å². The van der Waals surface area contributed by atoms with Crippen LogP contribution in [-0.2, 0) is 0 Å². The highest BCUT2D eigenvalue weighted by Gasteiger charge is 2.20. The number of halogens is 2. The third kappa shape index (κ3) is 3.61. The predicted octanol–water partition coefficient (Wildman–Crippen LogP) is 5.13. The van der Waals surface area contributed by atoms with Crippen molar-refractivity contribution in [2.75, 3.05) is 5.32 Å². The fourth-order valence-electron chi connectivity index (χ4n) is 3.26. The first kappa shape index (κ1) is 19.9. The van der Waals surface area contributed by atoms with Gasteiger partial charge in [-0.25, -0.2) is 9.97 Å². The fourth-order valence-corrected chi connectivity index (χ4v) is 3.67. The summed E-state index contributed by atoms with van der Waals surface area (Å²) in [6.45, 7) is 1.85. The number of para-hydroxylation sites is 1. The Labute approximate surface area is 182 Å². The number of pyridine rings is 1. The van der Waals surface area contributed by atoms with Gasteiger partial charge < -0.3 is 5.32 Å². The Hall–Kier alpha value is -3.40. The molecule has 0 aliphatic rings. The van der Waals surface area contributed by atoms with Gasteiger partial charge in [0.2, 0.25) is 0 Å². The van der Waals surface area contributed by atoms with Gasteiger partial charge in [-0.15, -0.1) is 0 Å². The van der Waals surface area contributed by atoms with E-state index in [9.17, 15) is 10.1 Å². The van der Waals surface area contributed by atoms with Gasteiger partial charge in [-0.3, -0.25) is 9.36 Å². The third-order valence-corrected chi connectivity index (χ3v) is 5.16. The van der Waals surface area contributed by atoms with Crippen molar-refractivity contribution in [3.8, 4) is 11.8 Å². The van der Waals surface area contributed by atoms with Crippen molar-refractivity contribution < 1.29 is 0 Å². The minimum absolute atomic E-state index is 0.252. The molecule has 148 valence electrons. The van der Waals surface area contributed by atoms with Gasteiger partial charge in [-0.1, -0.05) is 47.5 Å². The van der Waals surface area contributed by atoms with Crippen LogP contribution in [0.25, 0.3) is 16.6 Å². The van der Waals surface area contributed by atoms with Crippen LogP contribution in [0.1, 0.15) is 24.4 Å². The molecule has 0 fully saturated rings. The minimum Gasteiger partial charge on any atom is -0.374 e. The molecule has 0 radical (unpaired) electrons. The van der Waals surface area contributed by atoms with Crippen LogP contribution < -0.4 is 10.9 Å². The van der Waals surface area contributed by atoms with Crippen LogP contribution in [-0.4, -0.2) is 14.5 Å². The molecular formula is C22H15Cl2N5O. The normalized spacial score (nSPS) is 11.8. The van der Waals surface area contributed by atoms with E-state index in [1.807, 2.05) is 37.3 Å². The molecular weight excluding hydrogens is 421 g/mol. The molecule has 4 rings (SSSR count). The summed E-state index contributed by atoms with van der Waals surface area (Å²) in [5, 5.41) is 13.6. The SMILES string of the molecule is C[C@H](Nc1cc(Cl)ncc1C#N)c1nc2cccc(Cl)c2c(=O)n1-c1ccccc1. The monoisotopic (exact) mass is 435 g/mol. The molecule has 0 amide bonds. The molecule has 2 heterocycles. The number of nitrogens with zero attached hydrogens (tertiary/aromatic N) is 4. The number of rotatable bonds is 4. The number of fused-ring (bicyclic) bond motifs is 1. The Morgan fingerprint density at radius 2 is 1.90 bits per heavy atom. The fraction of sp³-hybridized carbons (Fsp3) is 0.0909. The van der Waals surface area contributed by atoms with E-state index in [4.69, 9.17) is 28.2 Å². The lowest BCUT2D eigenvalue weighted by molar-refractivity contribution is 0.734. The largest absolute Gasteiger partial charge is 0.374 e. The predicted molar refractivity (Wildman–Crippen MR) is 118 cm³/mol. The highest BCUT2D eigenvalue weighted by atomic mass is 35.5. The maximum atomic E-state index is 13.4. The average molecular weight is 436 g/mol. The summed E-state index contributed by atoms with van der Waals surface area (Å²) in [7, 11) is 0. The number of hydrogen-bond acceptors (Lipinski definition) is 5. The third-order valence-electron chi connectivity index (χ3n) is 4.64. The molecule has 0 unspecified atom stereocenters. The molecule has 2 aromatic carbocycles. The zero-order valence-electron chi connectivity index (χ0n) is 15.8. The van der Waals surface area contributed by atoms with Gasteiger partial charge in [-0.2, -0.15) is 5.26 Å². The van der Waals surface area contributed by atoms with E-state index >= 15 is 0 Å². The number of benzene rings is 2. The van der Waals surface area contributed by atoms with Gasteiger partial charge in [0.1, 0.15) is 17.0 Å². The van der Waals surface area contributed by atoms with E-state index in [1.54, 1.807) is 24.3 Å². The van der Waals surface area contributed by atoms with Crippen LogP contribution in [0.15, 0.2) is 65.6 Å². The van der Waals surface area contributed by atoms with Crippen LogP contribution in [0.5, 0.6) is 0 Å². The van der Waals surface area contributed by atoms with Crippen LogP contribution in [0.2, 0.25) is 10.2 Å². The van der Waals surface area contributed by atoms with Gasteiger partial charge in [0, 0.05) is 6.20 Å². The standard InChI is InChI=1S/C22H15Cl2N5O/c1-13(27-18-10-19(24)26-12-14(18)11-25)21-28-17-9-5-8-16(23)20(17)22(30)29(21)15-6-3-2-4-7-15/h2-10,12-13H,1H3,(H,26,27)/t13-/m0/s1. The van der Waals surface area contributed by atoms with Gasteiger partial charge in [0.05, 0.1) is 38.9 Å². The van der Waals surface area contributed by atoms with Crippen LogP contribution in [0.3, 0.4) is 0 Å². The molecule has 4 aromatic rings. The van der Waals surface area contributed by atoms with E-state index in [-0.39, 0.29) is 10.7 Å². The Morgan fingerprint density at radius 1 is 1.13 bits per heavy atom. The average Bonchev–Trinajstić information content (AvgIpc) is 2.74. The lowest BCUT2D eigenvalue weighted by Gasteiger charge is -2.21. The lowest BCUT2D eigenvalue weighted by atomic mass is 10.1. The van der Waals surface area contributed by atoms with Gasteiger partial charge in [0.25, 0.3) is 5.56 Å². The van der Waals surface area contributed by atoms with Crippen LogP contribution in [0, 0.1) is 11.3 Å². The highest BCUT2D eigenvalue weighted by Crippen LogP contribution is 2.26. The van der Waals surface area contributed by atoms with Crippen molar-refractivity contribution in [2.45, 2.75) is 13.0 Å². The second-order valence-electron chi connectivity index (χ2n) is 6.61. The van der Waals surface area contributed by atoms with Crippen molar-refractivity contribution in [1.29, 1.82) is 5.26 Å². The first-order valence-electron chi connectivity index (χ1n) is 9.08. The minimum atomic E-state index is -0.438. The summed E-state index contributed by atoms with van der Waals surface area (Å²) in [6.07, 6.45) is 1.40. The topological polar surface area (TPSA) is 83.6 Å². The van der Waals surface area contributed by atoms with Gasteiger partial charge in [0.15, 0.2) is 0 Å². The number of nitriles is 1. The second-order valence-corrected chi connectivity index (χ2v) is 7.40. The van der Waals surface area contributed by atoms with Crippen LogP contribution >= 0.6 is 23.2 Å². The molecule has 0 bridgehead atoms. The lowest BCUT2D eigenvalue weighted by Crippen LogP contribution is -2.27. The number of anilines is 1. The van der Waals surface area contributed by atoms with Crippen molar-refractivity contribution in [2.24, 2.45) is 0 Å². The number of aromatic nitrogens is 3. The first-order chi connectivity index (χ1) is 14.5. The molecule has 0 saturated heterocycles. The van der Waals surface area contributed by atoms with E-state index < -0.39 is 6.04 Å². The first-order valence-corrected chi connectivity index (χ1v) is 9.84. The molecule has 0 aliphatic heterocycles. The Kier molecular flexibility index (Phi) is 5.40. The molecule has 30 heavy (non-hydrogen) atoms. The van der Waals surface area contributed by atoms with Crippen molar-refractivity contribution in [3.05, 3.63) is 92.7 Å². The molecule has 1 N–H and O–H groups in total. The molecule has 0 spiro atoms. The molecule has 0 aliphatic carbocycles. The summed E-state index contributed by atoms with van der Waals surface area (Å²) in [5.41, 5.74) is 1.73. The zero-order chi connectivity index (χ0) is 21.3. The van der Waals surface area contributed by atoms with Crippen molar-refractivity contribution in [3.63, 3.8) is 0 Å². The van der Waals surface area contributed by atoms with E-state index in [1.165, 1.54) is 10.8 Å². The molecule has 2 aromatic heterocycles. The maximum Gasteiger partial charge on any atom is 0.267 e. The molecule has 8 heteroatoms. The number of nitrogens with one attached hydrogen (secondary N) is 1. The van der Waals surface area contributed by atoms with Gasteiger partial charge in [-0.05, 0) is 37.3 Å². The number of hydrogen-bond donors (Lipinski definition) is 1.